The van der Waals surface area contributed by atoms with Crippen LogP contribution in [0.3, 0.4) is 0 Å². The molecule has 25 heavy (non-hydrogen) atoms. The van der Waals surface area contributed by atoms with E-state index in [1.165, 1.54) is 0 Å². The molecule has 3 rings (SSSR count). The highest BCUT2D eigenvalue weighted by molar-refractivity contribution is 6.35. The van der Waals surface area contributed by atoms with E-state index in [1.54, 1.807) is 29.7 Å². The van der Waals surface area contributed by atoms with Gasteiger partial charge in [0.25, 0.3) is 5.56 Å². The molecular weight excluding hydrogens is 344 g/mol. The van der Waals surface area contributed by atoms with Crippen LogP contribution < -0.4 is 10.9 Å². The van der Waals surface area contributed by atoms with Crippen LogP contribution in [0.4, 0.5) is 4.79 Å². The molecule has 134 valence electrons. The topological polar surface area (TPSA) is 87.5 Å². The Balaban J connectivity index is 2.19. The Morgan fingerprint density at radius 3 is 2.72 bits per heavy atom. The standard InChI is InChI=1S/C17H21ClN4O3/c1-10(19-17(24)25)15-20-13-5-3-4-12(18)14(13)16(23)22(15)11-6-8-21(2)9-7-11/h3-5,10-11,19H,6-9H2,1-2H3,(H,24,25). The first kappa shape index (κ1) is 17.7. The molecule has 2 heterocycles. The van der Waals surface area contributed by atoms with E-state index in [0.717, 1.165) is 25.9 Å². The normalized spacial score (nSPS) is 17.6. The van der Waals surface area contributed by atoms with E-state index in [1.807, 2.05) is 7.05 Å². The van der Waals surface area contributed by atoms with Crippen LogP contribution in [0.15, 0.2) is 23.0 Å². The summed E-state index contributed by atoms with van der Waals surface area (Å²) in [6.45, 7) is 3.44. The van der Waals surface area contributed by atoms with Crippen molar-refractivity contribution in [1.82, 2.24) is 19.8 Å². The molecule has 2 N–H and O–H groups in total. The Morgan fingerprint density at radius 2 is 2.08 bits per heavy atom. The number of benzene rings is 1. The van der Waals surface area contributed by atoms with Crippen molar-refractivity contribution in [1.29, 1.82) is 0 Å². The summed E-state index contributed by atoms with van der Waals surface area (Å²) in [6.07, 6.45) is 0.463. The third-order valence-corrected chi connectivity index (χ3v) is 5.00. The van der Waals surface area contributed by atoms with Crippen LogP contribution in [-0.2, 0) is 0 Å². The number of piperidine rings is 1. The number of carbonyl (C=O) groups is 1. The van der Waals surface area contributed by atoms with Crippen LogP contribution >= 0.6 is 11.6 Å². The Hall–Kier alpha value is -2.12. The highest BCUT2D eigenvalue weighted by Gasteiger charge is 2.26. The summed E-state index contributed by atoms with van der Waals surface area (Å²) < 4.78 is 1.64. The molecule has 1 aromatic heterocycles. The van der Waals surface area contributed by atoms with E-state index < -0.39 is 12.1 Å². The Bertz CT molecular complexity index is 859. The van der Waals surface area contributed by atoms with Crippen molar-refractivity contribution >= 4 is 28.6 Å². The monoisotopic (exact) mass is 364 g/mol. The summed E-state index contributed by atoms with van der Waals surface area (Å²) >= 11 is 6.24. The van der Waals surface area contributed by atoms with Crippen LogP contribution in [0.1, 0.15) is 37.7 Å². The smallest absolute Gasteiger partial charge is 0.405 e. The average Bonchev–Trinajstić information content (AvgIpc) is 2.55. The van der Waals surface area contributed by atoms with Gasteiger partial charge in [-0.3, -0.25) is 9.36 Å². The van der Waals surface area contributed by atoms with E-state index in [4.69, 9.17) is 16.7 Å². The number of nitrogens with zero attached hydrogens (tertiary/aromatic N) is 3. The van der Waals surface area contributed by atoms with E-state index >= 15 is 0 Å². The fourth-order valence-electron chi connectivity index (χ4n) is 3.38. The molecule has 0 aliphatic carbocycles. The zero-order valence-electron chi connectivity index (χ0n) is 14.2. The minimum Gasteiger partial charge on any atom is -0.465 e. The third kappa shape index (κ3) is 3.48. The molecule has 1 saturated heterocycles. The van der Waals surface area contributed by atoms with Gasteiger partial charge in [0.2, 0.25) is 0 Å². The SMILES string of the molecule is CC(NC(=O)O)c1nc2cccc(Cl)c2c(=O)n1C1CCN(C)CC1. The Morgan fingerprint density at radius 1 is 1.40 bits per heavy atom. The van der Waals surface area contributed by atoms with Crippen LogP contribution in [0, 0.1) is 0 Å². The molecular formula is C17H21ClN4O3. The van der Waals surface area contributed by atoms with E-state index in [0.29, 0.717) is 21.7 Å². The van der Waals surface area contributed by atoms with Gasteiger partial charge in [-0.2, -0.15) is 0 Å². The maximum atomic E-state index is 13.2. The molecule has 2 aromatic rings. The lowest BCUT2D eigenvalue weighted by Crippen LogP contribution is -2.39. The highest BCUT2D eigenvalue weighted by Crippen LogP contribution is 2.27. The maximum absolute atomic E-state index is 13.2. The third-order valence-electron chi connectivity index (χ3n) is 4.69. The number of carboxylic acid groups (broad SMARTS) is 1. The molecule has 1 atom stereocenters. The van der Waals surface area contributed by atoms with Gasteiger partial charge in [0.15, 0.2) is 0 Å². The molecule has 1 fully saturated rings. The molecule has 0 radical (unpaired) electrons. The number of rotatable bonds is 3. The Labute approximate surface area is 150 Å². The minimum atomic E-state index is -1.15. The number of nitrogens with one attached hydrogen (secondary N) is 1. The first-order valence-corrected chi connectivity index (χ1v) is 8.65. The number of halogens is 1. The molecule has 1 amide bonds. The van der Waals surface area contributed by atoms with Crippen LogP contribution in [0.2, 0.25) is 5.02 Å². The van der Waals surface area contributed by atoms with Crippen molar-refractivity contribution in [2.45, 2.75) is 31.8 Å². The molecule has 1 aliphatic heterocycles. The molecule has 1 unspecified atom stereocenters. The summed E-state index contributed by atoms with van der Waals surface area (Å²) in [5.41, 5.74) is 0.273. The highest BCUT2D eigenvalue weighted by atomic mass is 35.5. The summed E-state index contributed by atoms with van der Waals surface area (Å²) in [5.74, 6) is 0.428. The number of hydrogen-bond acceptors (Lipinski definition) is 4. The minimum absolute atomic E-state index is 0.0232. The van der Waals surface area contributed by atoms with Crippen molar-refractivity contribution in [3.63, 3.8) is 0 Å². The molecule has 0 saturated carbocycles. The van der Waals surface area contributed by atoms with Gasteiger partial charge in [-0.05, 0) is 52.0 Å². The summed E-state index contributed by atoms with van der Waals surface area (Å²) in [4.78, 5) is 31.0. The second kappa shape index (κ2) is 7.01. The van der Waals surface area contributed by atoms with Gasteiger partial charge in [-0.25, -0.2) is 9.78 Å². The van der Waals surface area contributed by atoms with E-state index in [9.17, 15) is 9.59 Å². The zero-order chi connectivity index (χ0) is 18.1. The molecule has 0 spiro atoms. The maximum Gasteiger partial charge on any atom is 0.405 e. The first-order valence-electron chi connectivity index (χ1n) is 8.27. The van der Waals surface area contributed by atoms with Crippen LogP contribution in [0.25, 0.3) is 10.9 Å². The predicted molar refractivity (Wildman–Crippen MR) is 96.4 cm³/mol. The fraction of sp³-hybridized carbons (Fsp3) is 0.471. The van der Waals surface area contributed by atoms with Crippen molar-refractivity contribution in [2.75, 3.05) is 20.1 Å². The number of likely N-dealkylation sites (tertiary alicyclic amines) is 1. The van der Waals surface area contributed by atoms with Crippen molar-refractivity contribution in [2.24, 2.45) is 0 Å². The zero-order valence-corrected chi connectivity index (χ0v) is 15.0. The van der Waals surface area contributed by atoms with Crippen molar-refractivity contribution in [3.05, 3.63) is 39.4 Å². The van der Waals surface area contributed by atoms with Crippen molar-refractivity contribution in [3.8, 4) is 0 Å². The van der Waals surface area contributed by atoms with Gasteiger partial charge in [-0.15, -0.1) is 0 Å². The van der Waals surface area contributed by atoms with E-state index in [2.05, 4.69) is 15.2 Å². The summed E-state index contributed by atoms with van der Waals surface area (Å²) in [5, 5.41) is 12.2. The number of aromatic nitrogens is 2. The van der Waals surface area contributed by atoms with Crippen LogP contribution in [-0.4, -0.2) is 45.8 Å². The number of amides is 1. The van der Waals surface area contributed by atoms with Gasteiger partial charge in [0.1, 0.15) is 5.82 Å². The Kier molecular flexibility index (Phi) is 4.96. The molecule has 7 nitrogen and oxygen atoms in total. The molecule has 1 aliphatic rings. The fourth-order valence-corrected chi connectivity index (χ4v) is 3.63. The first-order chi connectivity index (χ1) is 11.9. The largest absolute Gasteiger partial charge is 0.465 e. The van der Waals surface area contributed by atoms with Crippen LogP contribution in [0.5, 0.6) is 0 Å². The lowest BCUT2D eigenvalue weighted by molar-refractivity contribution is 0.188. The molecule has 1 aromatic carbocycles. The second-order valence-electron chi connectivity index (χ2n) is 6.48. The average molecular weight is 365 g/mol. The molecule has 0 bridgehead atoms. The van der Waals surface area contributed by atoms with Gasteiger partial charge in [0, 0.05) is 6.04 Å². The number of fused-ring (bicyclic) bond motifs is 1. The van der Waals surface area contributed by atoms with Gasteiger partial charge >= 0.3 is 6.09 Å². The van der Waals surface area contributed by atoms with E-state index in [-0.39, 0.29) is 11.6 Å². The number of hydrogen-bond donors (Lipinski definition) is 2. The lowest BCUT2D eigenvalue weighted by Gasteiger charge is -2.32. The molecule has 8 heteroatoms. The quantitative estimate of drug-likeness (QED) is 0.874. The van der Waals surface area contributed by atoms with Gasteiger partial charge in [0.05, 0.1) is 22.0 Å². The van der Waals surface area contributed by atoms with Gasteiger partial charge in [-0.1, -0.05) is 17.7 Å². The second-order valence-corrected chi connectivity index (χ2v) is 6.89. The summed E-state index contributed by atoms with van der Waals surface area (Å²) in [7, 11) is 2.05. The lowest BCUT2D eigenvalue weighted by atomic mass is 10.0. The van der Waals surface area contributed by atoms with Crippen molar-refractivity contribution < 1.29 is 9.90 Å². The predicted octanol–water partition coefficient (Wildman–Crippen LogP) is 2.65. The van der Waals surface area contributed by atoms with Gasteiger partial charge < -0.3 is 15.3 Å². The summed E-state index contributed by atoms with van der Waals surface area (Å²) in [6, 6.07) is 4.50.